The number of aliphatic hydroxyl groups is 1. The minimum absolute atomic E-state index is 0.105. The number of esters is 1. The fourth-order valence-electron chi connectivity index (χ4n) is 3.54. The number of carbonyl (C=O) groups excluding carboxylic acids is 3. The Bertz CT molecular complexity index is 1080. The van der Waals surface area contributed by atoms with Gasteiger partial charge in [-0.1, -0.05) is 23.7 Å². The molecule has 1 unspecified atom stereocenters. The molecule has 0 bridgehead atoms. The Kier molecular flexibility index (Phi) is 7.17. The van der Waals surface area contributed by atoms with Crippen LogP contribution in [0.2, 0.25) is 5.02 Å². The van der Waals surface area contributed by atoms with Crippen molar-refractivity contribution in [2.75, 3.05) is 27.4 Å². The Labute approximate surface area is 189 Å². The molecule has 0 spiro atoms. The number of hydrogen-bond donors (Lipinski definition) is 1. The summed E-state index contributed by atoms with van der Waals surface area (Å²) in [7, 11) is 2.90. The zero-order valence-electron chi connectivity index (χ0n) is 17.8. The molecular formula is C23H22ClNO7. The molecule has 0 radical (unpaired) electrons. The number of ether oxygens (including phenoxy) is 3. The topological polar surface area (TPSA) is 102 Å². The quantitative estimate of drug-likeness (QED) is 0.223. The first-order valence-electron chi connectivity index (χ1n) is 9.68. The van der Waals surface area contributed by atoms with E-state index in [9.17, 15) is 19.5 Å². The van der Waals surface area contributed by atoms with Crippen LogP contribution in [0.1, 0.15) is 24.1 Å². The van der Waals surface area contributed by atoms with Crippen molar-refractivity contribution < 1.29 is 33.7 Å². The number of Topliss-reactive ketones (excluding diaryl/α,β-unsaturated/α-hetero) is 1. The van der Waals surface area contributed by atoms with Gasteiger partial charge in [0.15, 0.2) is 0 Å². The molecule has 1 aliphatic rings. The maximum Gasteiger partial charge on any atom is 0.308 e. The van der Waals surface area contributed by atoms with Gasteiger partial charge in [0.25, 0.3) is 11.7 Å². The van der Waals surface area contributed by atoms with Crippen molar-refractivity contribution in [2.45, 2.75) is 13.0 Å². The number of methoxy groups -OCH3 is 2. The molecule has 3 rings (SSSR count). The average Bonchev–Trinajstić information content (AvgIpc) is 3.02. The first-order valence-corrected chi connectivity index (χ1v) is 10.1. The van der Waals surface area contributed by atoms with Crippen molar-refractivity contribution in [3.8, 4) is 11.5 Å². The molecule has 32 heavy (non-hydrogen) atoms. The highest BCUT2D eigenvalue weighted by Crippen LogP contribution is 2.41. The van der Waals surface area contributed by atoms with E-state index in [4.69, 9.17) is 25.8 Å². The van der Waals surface area contributed by atoms with E-state index < -0.39 is 29.5 Å². The Morgan fingerprint density at radius 3 is 2.41 bits per heavy atom. The molecule has 1 aliphatic heterocycles. The Morgan fingerprint density at radius 1 is 1.12 bits per heavy atom. The molecule has 1 fully saturated rings. The second kappa shape index (κ2) is 9.84. The minimum atomic E-state index is -0.889. The van der Waals surface area contributed by atoms with Crippen LogP contribution in [0.5, 0.6) is 11.5 Å². The maximum atomic E-state index is 13.0. The standard InChI is InChI=1S/C23H22ClNO7/c1-13(26)32-16-7-4-14(5-8-16)20-19(22(28)23(29)25(20)10-11-30-2)21(27)17-12-15(24)6-9-18(17)31-3/h4-9,12,20,27H,10-11H2,1-3H3/b21-19+. The Hall–Kier alpha value is -3.36. The molecular weight excluding hydrogens is 438 g/mol. The van der Waals surface area contributed by atoms with Crippen molar-refractivity contribution in [1.82, 2.24) is 4.90 Å². The molecule has 9 heteroatoms. The van der Waals surface area contributed by atoms with Crippen LogP contribution in [-0.2, 0) is 19.1 Å². The summed E-state index contributed by atoms with van der Waals surface area (Å²) in [6, 6.07) is 10.1. The van der Waals surface area contributed by atoms with Crippen molar-refractivity contribution >= 4 is 35.0 Å². The van der Waals surface area contributed by atoms with Gasteiger partial charge in [-0.25, -0.2) is 0 Å². The summed E-state index contributed by atoms with van der Waals surface area (Å²) in [6.07, 6.45) is 0. The van der Waals surface area contributed by atoms with E-state index >= 15 is 0 Å². The number of halogens is 1. The first kappa shape index (κ1) is 23.3. The second-order valence-electron chi connectivity index (χ2n) is 6.99. The van der Waals surface area contributed by atoms with Gasteiger partial charge in [0.05, 0.1) is 30.9 Å². The van der Waals surface area contributed by atoms with Gasteiger partial charge in [0.2, 0.25) is 0 Å². The number of rotatable bonds is 7. The Morgan fingerprint density at radius 2 is 1.81 bits per heavy atom. The number of nitrogens with zero attached hydrogens (tertiary/aromatic N) is 1. The largest absolute Gasteiger partial charge is 0.507 e. The third-order valence-corrected chi connectivity index (χ3v) is 5.19. The fourth-order valence-corrected chi connectivity index (χ4v) is 3.71. The molecule has 168 valence electrons. The average molecular weight is 460 g/mol. The van der Waals surface area contributed by atoms with Crippen LogP contribution in [-0.4, -0.2) is 55.0 Å². The van der Waals surface area contributed by atoms with Gasteiger partial charge in [-0.2, -0.15) is 0 Å². The normalized spacial score (nSPS) is 17.5. The molecule has 0 aliphatic carbocycles. The zero-order valence-corrected chi connectivity index (χ0v) is 18.5. The summed E-state index contributed by atoms with van der Waals surface area (Å²) in [5, 5.41) is 11.5. The molecule has 0 aromatic heterocycles. The van der Waals surface area contributed by atoms with Crippen LogP contribution in [0.4, 0.5) is 0 Å². The van der Waals surface area contributed by atoms with Gasteiger partial charge in [-0.3, -0.25) is 14.4 Å². The van der Waals surface area contributed by atoms with Gasteiger partial charge < -0.3 is 24.2 Å². The Balaban J connectivity index is 2.17. The van der Waals surface area contributed by atoms with Crippen LogP contribution >= 0.6 is 11.6 Å². The summed E-state index contributed by atoms with van der Waals surface area (Å²) >= 11 is 6.09. The third-order valence-electron chi connectivity index (χ3n) is 4.95. The monoisotopic (exact) mass is 459 g/mol. The van der Waals surface area contributed by atoms with E-state index in [1.54, 1.807) is 36.4 Å². The number of ketones is 1. The van der Waals surface area contributed by atoms with Crippen LogP contribution in [0.15, 0.2) is 48.0 Å². The van der Waals surface area contributed by atoms with Crippen LogP contribution < -0.4 is 9.47 Å². The molecule has 1 heterocycles. The van der Waals surface area contributed by atoms with E-state index in [1.165, 1.54) is 32.1 Å². The summed E-state index contributed by atoms with van der Waals surface area (Å²) < 4.78 is 15.4. The highest BCUT2D eigenvalue weighted by Gasteiger charge is 2.46. The van der Waals surface area contributed by atoms with Gasteiger partial charge in [-0.05, 0) is 35.9 Å². The van der Waals surface area contributed by atoms with Crippen molar-refractivity contribution in [1.29, 1.82) is 0 Å². The van der Waals surface area contributed by atoms with Crippen molar-refractivity contribution in [3.63, 3.8) is 0 Å². The lowest BCUT2D eigenvalue weighted by atomic mass is 9.95. The number of likely N-dealkylation sites (tertiary alicyclic amines) is 1. The SMILES string of the molecule is COCCN1C(=O)C(=O)/C(=C(/O)c2cc(Cl)ccc2OC)C1c1ccc(OC(C)=O)cc1. The predicted octanol–water partition coefficient (Wildman–Crippen LogP) is 3.34. The molecule has 1 saturated heterocycles. The van der Waals surface area contributed by atoms with E-state index in [1.807, 2.05) is 0 Å². The molecule has 1 atom stereocenters. The number of amides is 1. The molecule has 0 saturated carbocycles. The summed E-state index contributed by atoms with van der Waals surface area (Å²) in [5.74, 6) is -1.88. The maximum absolute atomic E-state index is 13.0. The van der Waals surface area contributed by atoms with E-state index in [0.717, 1.165) is 0 Å². The lowest BCUT2D eigenvalue weighted by Gasteiger charge is -2.25. The van der Waals surface area contributed by atoms with Crippen LogP contribution in [0.3, 0.4) is 0 Å². The highest BCUT2D eigenvalue weighted by molar-refractivity contribution is 6.46. The molecule has 2 aromatic rings. The van der Waals surface area contributed by atoms with Gasteiger partial charge in [0, 0.05) is 25.6 Å². The number of hydrogen-bond acceptors (Lipinski definition) is 7. The van der Waals surface area contributed by atoms with E-state index in [0.29, 0.717) is 22.1 Å². The molecule has 8 nitrogen and oxygen atoms in total. The van der Waals surface area contributed by atoms with Crippen molar-refractivity contribution in [3.05, 3.63) is 64.2 Å². The number of aliphatic hydroxyl groups excluding tert-OH is 1. The first-order chi connectivity index (χ1) is 15.3. The van der Waals surface area contributed by atoms with Crippen LogP contribution in [0.25, 0.3) is 5.76 Å². The predicted molar refractivity (Wildman–Crippen MR) is 117 cm³/mol. The molecule has 1 amide bonds. The van der Waals surface area contributed by atoms with Gasteiger partial charge in [0.1, 0.15) is 17.3 Å². The highest BCUT2D eigenvalue weighted by atomic mass is 35.5. The van der Waals surface area contributed by atoms with Gasteiger partial charge in [-0.15, -0.1) is 0 Å². The van der Waals surface area contributed by atoms with Crippen LogP contribution in [0, 0.1) is 0 Å². The van der Waals surface area contributed by atoms with Gasteiger partial charge >= 0.3 is 5.97 Å². The number of carbonyl (C=O) groups is 3. The summed E-state index contributed by atoms with van der Waals surface area (Å²) in [4.78, 5) is 38.3. The summed E-state index contributed by atoms with van der Waals surface area (Å²) in [5.41, 5.74) is 0.622. The fraction of sp³-hybridized carbons (Fsp3) is 0.261. The lowest BCUT2D eigenvalue weighted by molar-refractivity contribution is -0.140. The minimum Gasteiger partial charge on any atom is -0.507 e. The summed E-state index contributed by atoms with van der Waals surface area (Å²) in [6.45, 7) is 1.60. The molecule has 2 aromatic carbocycles. The third kappa shape index (κ3) is 4.61. The lowest BCUT2D eigenvalue weighted by Crippen LogP contribution is -2.32. The van der Waals surface area contributed by atoms with Crippen molar-refractivity contribution in [2.24, 2.45) is 0 Å². The number of benzene rings is 2. The molecule has 1 N–H and O–H groups in total. The van der Waals surface area contributed by atoms with E-state index in [2.05, 4.69) is 0 Å². The smallest absolute Gasteiger partial charge is 0.308 e. The second-order valence-corrected chi connectivity index (χ2v) is 7.43. The zero-order chi connectivity index (χ0) is 23.4. The van der Waals surface area contributed by atoms with E-state index in [-0.39, 0.29) is 24.3 Å².